The molecule has 0 aliphatic carbocycles. The summed E-state index contributed by atoms with van der Waals surface area (Å²) >= 11 is 12.0. The summed E-state index contributed by atoms with van der Waals surface area (Å²) in [6.45, 7) is 0. The van der Waals surface area contributed by atoms with Crippen LogP contribution in [0.15, 0.2) is 29.2 Å². The van der Waals surface area contributed by atoms with E-state index in [1.165, 1.54) is 0 Å². The molecule has 0 aromatic heterocycles. The highest BCUT2D eigenvalue weighted by atomic mass is 35.5. The molecule has 2 aliphatic rings. The minimum absolute atomic E-state index is 0.167. The molecule has 8 heteroatoms. The molecule has 0 saturated carbocycles. The molecule has 2 aliphatic heterocycles. The molecule has 0 spiro atoms. The van der Waals surface area contributed by atoms with E-state index < -0.39 is 23.9 Å². The molecule has 1 amide bonds. The lowest BCUT2D eigenvalue weighted by molar-refractivity contribution is -0.153. The molecule has 2 saturated heterocycles. The van der Waals surface area contributed by atoms with E-state index in [1.54, 1.807) is 30.3 Å². The summed E-state index contributed by atoms with van der Waals surface area (Å²) in [5, 5.41) is 0.594. The van der Waals surface area contributed by atoms with Crippen LogP contribution in [0.25, 0.3) is 6.08 Å². The van der Waals surface area contributed by atoms with Crippen LogP contribution in [0.4, 0.5) is 0 Å². The van der Waals surface area contributed by atoms with Crippen molar-refractivity contribution in [3.05, 3.63) is 39.8 Å². The van der Waals surface area contributed by atoms with Gasteiger partial charge in [-0.15, -0.1) is 0 Å². The normalized spacial score (nSPS) is 23.6. The largest absolute Gasteiger partial charge is 0.392 e. The van der Waals surface area contributed by atoms with Crippen LogP contribution < -0.4 is 0 Å². The summed E-state index contributed by atoms with van der Waals surface area (Å²) in [5.41, 5.74) is 0.787. The van der Waals surface area contributed by atoms with Gasteiger partial charge in [0.15, 0.2) is 0 Å². The molecular weight excluding hydrogens is 346 g/mol. The van der Waals surface area contributed by atoms with Gasteiger partial charge in [-0.25, -0.2) is 4.79 Å². The SMILES string of the molecule is O=C1CC(N2C(=O)C(=Cc3ccc(Cl)cc3)SC2=S)C(=O)O1. The summed E-state index contributed by atoms with van der Waals surface area (Å²) < 4.78 is 4.71. The first kappa shape index (κ1) is 15.2. The van der Waals surface area contributed by atoms with Crippen molar-refractivity contribution in [2.24, 2.45) is 0 Å². The Balaban J connectivity index is 1.87. The summed E-state index contributed by atoms with van der Waals surface area (Å²) in [7, 11) is 0. The van der Waals surface area contributed by atoms with Gasteiger partial charge in [0.25, 0.3) is 5.91 Å². The Morgan fingerprint density at radius 1 is 1.27 bits per heavy atom. The van der Waals surface area contributed by atoms with Crippen molar-refractivity contribution < 1.29 is 19.1 Å². The van der Waals surface area contributed by atoms with Crippen molar-refractivity contribution in [1.82, 2.24) is 4.90 Å². The van der Waals surface area contributed by atoms with E-state index in [4.69, 9.17) is 23.8 Å². The lowest BCUT2D eigenvalue weighted by atomic mass is 10.2. The van der Waals surface area contributed by atoms with Crippen molar-refractivity contribution in [3.8, 4) is 0 Å². The average molecular weight is 354 g/mol. The number of nitrogens with zero attached hydrogens (tertiary/aromatic N) is 1. The first-order valence-corrected chi connectivity index (χ1v) is 7.83. The van der Waals surface area contributed by atoms with Crippen molar-refractivity contribution >= 4 is 63.8 Å². The zero-order chi connectivity index (χ0) is 15.9. The molecule has 1 unspecified atom stereocenters. The Bertz CT molecular complexity index is 729. The average Bonchev–Trinajstić information content (AvgIpc) is 2.92. The topological polar surface area (TPSA) is 63.7 Å². The van der Waals surface area contributed by atoms with Gasteiger partial charge in [-0.3, -0.25) is 14.5 Å². The van der Waals surface area contributed by atoms with Crippen molar-refractivity contribution in [1.29, 1.82) is 0 Å². The van der Waals surface area contributed by atoms with Crippen molar-refractivity contribution in [2.75, 3.05) is 0 Å². The molecule has 112 valence electrons. The molecule has 5 nitrogen and oxygen atoms in total. The molecule has 1 aromatic carbocycles. The first-order chi connectivity index (χ1) is 10.5. The second kappa shape index (κ2) is 5.83. The van der Waals surface area contributed by atoms with E-state index in [-0.39, 0.29) is 10.7 Å². The summed E-state index contributed by atoms with van der Waals surface area (Å²) in [6, 6.07) is 5.99. The van der Waals surface area contributed by atoms with Crippen LogP contribution in [0.5, 0.6) is 0 Å². The second-order valence-corrected chi connectivity index (χ2v) is 6.73. The van der Waals surface area contributed by atoms with Gasteiger partial charge < -0.3 is 4.74 Å². The fraction of sp³-hybridized carbons (Fsp3) is 0.143. The summed E-state index contributed by atoms with van der Waals surface area (Å²) in [4.78, 5) is 36.8. The molecular formula is C14H8ClNO4S2. The highest BCUT2D eigenvalue weighted by molar-refractivity contribution is 8.26. The van der Waals surface area contributed by atoms with E-state index >= 15 is 0 Å². The Morgan fingerprint density at radius 2 is 1.95 bits per heavy atom. The maximum Gasteiger partial charge on any atom is 0.337 e. The Labute approximate surface area is 140 Å². The minimum atomic E-state index is -0.962. The number of hydrogen-bond acceptors (Lipinski definition) is 6. The fourth-order valence-corrected chi connectivity index (χ4v) is 3.60. The number of esters is 2. The molecule has 3 rings (SSSR count). The quantitative estimate of drug-likeness (QED) is 0.352. The van der Waals surface area contributed by atoms with Gasteiger partial charge in [-0.2, -0.15) is 0 Å². The Kier molecular flexibility index (Phi) is 4.03. The monoisotopic (exact) mass is 353 g/mol. The number of hydrogen-bond donors (Lipinski definition) is 0. The zero-order valence-electron chi connectivity index (χ0n) is 10.9. The molecule has 0 radical (unpaired) electrons. The number of halogens is 1. The van der Waals surface area contributed by atoms with Gasteiger partial charge in [-0.1, -0.05) is 47.7 Å². The number of ether oxygens (including phenoxy) is 1. The van der Waals surface area contributed by atoms with Crippen LogP contribution in [-0.4, -0.2) is 33.1 Å². The lowest BCUT2D eigenvalue weighted by Gasteiger charge is -2.17. The number of thioether (sulfide) groups is 1. The number of carbonyl (C=O) groups excluding carboxylic acids is 3. The van der Waals surface area contributed by atoms with Gasteiger partial charge in [0.05, 0.1) is 11.3 Å². The number of benzene rings is 1. The van der Waals surface area contributed by atoms with E-state index in [9.17, 15) is 14.4 Å². The van der Waals surface area contributed by atoms with E-state index in [0.29, 0.717) is 9.93 Å². The molecule has 1 atom stereocenters. The first-order valence-electron chi connectivity index (χ1n) is 6.23. The molecule has 22 heavy (non-hydrogen) atoms. The lowest BCUT2D eigenvalue weighted by Crippen LogP contribution is -2.41. The third-order valence-electron chi connectivity index (χ3n) is 3.15. The number of amides is 1. The predicted octanol–water partition coefficient (Wildman–Crippen LogP) is 2.38. The van der Waals surface area contributed by atoms with E-state index in [0.717, 1.165) is 22.2 Å². The van der Waals surface area contributed by atoms with Crippen LogP contribution in [0.1, 0.15) is 12.0 Å². The van der Waals surface area contributed by atoms with Crippen molar-refractivity contribution in [3.63, 3.8) is 0 Å². The third-order valence-corrected chi connectivity index (χ3v) is 4.73. The van der Waals surface area contributed by atoms with Gasteiger partial charge in [0.2, 0.25) is 0 Å². The standard InChI is InChI=1S/C14H8ClNO4S2/c15-8-3-1-7(2-4-8)5-10-12(18)16(14(21)22-10)9-6-11(17)20-13(9)19/h1-5,9H,6H2. The molecule has 2 fully saturated rings. The van der Waals surface area contributed by atoms with Crippen LogP contribution in [0.2, 0.25) is 5.02 Å². The van der Waals surface area contributed by atoms with Gasteiger partial charge in [-0.05, 0) is 23.8 Å². The van der Waals surface area contributed by atoms with E-state index in [2.05, 4.69) is 4.74 Å². The van der Waals surface area contributed by atoms with Crippen molar-refractivity contribution in [2.45, 2.75) is 12.5 Å². The maximum atomic E-state index is 12.4. The molecule has 2 heterocycles. The van der Waals surface area contributed by atoms with Crippen LogP contribution >= 0.6 is 35.6 Å². The van der Waals surface area contributed by atoms with Gasteiger partial charge in [0, 0.05) is 5.02 Å². The summed E-state index contributed by atoms with van der Waals surface area (Å²) in [5.74, 6) is -1.79. The number of thiocarbonyl (C=S) groups is 1. The number of cyclic esters (lactones) is 2. The highest BCUT2D eigenvalue weighted by Gasteiger charge is 2.46. The van der Waals surface area contributed by atoms with Gasteiger partial charge >= 0.3 is 11.9 Å². The zero-order valence-corrected chi connectivity index (χ0v) is 13.3. The highest BCUT2D eigenvalue weighted by Crippen LogP contribution is 2.36. The predicted molar refractivity (Wildman–Crippen MR) is 86.0 cm³/mol. The molecule has 0 bridgehead atoms. The Morgan fingerprint density at radius 3 is 2.55 bits per heavy atom. The Hall–Kier alpha value is -1.70. The van der Waals surface area contributed by atoms with Crippen LogP contribution in [-0.2, 0) is 19.1 Å². The van der Waals surface area contributed by atoms with Crippen LogP contribution in [0.3, 0.4) is 0 Å². The smallest absolute Gasteiger partial charge is 0.337 e. The fourth-order valence-electron chi connectivity index (χ4n) is 2.12. The van der Waals surface area contributed by atoms with Crippen LogP contribution in [0, 0.1) is 0 Å². The third kappa shape index (κ3) is 2.79. The van der Waals surface area contributed by atoms with E-state index in [1.807, 2.05) is 0 Å². The summed E-state index contributed by atoms with van der Waals surface area (Å²) in [6.07, 6.45) is 1.50. The minimum Gasteiger partial charge on any atom is -0.392 e. The van der Waals surface area contributed by atoms with Gasteiger partial charge in [0.1, 0.15) is 10.4 Å². The maximum absolute atomic E-state index is 12.4. The molecule has 0 N–H and O–H groups in total. The molecule has 1 aromatic rings. The number of carbonyl (C=O) groups is 3. The number of rotatable bonds is 2. The second-order valence-electron chi connectivity index (χ2n) is 4.62.